The summed E-state index contributed by atoms with van der Waals surface area (Å²) < 4.78 is 13.5. The molecule has 1 aliphatic heterocycles. The first kappa shape index (κ1) is 21.2. The van der Waals surface area contributed by atoms with E-state index in [-0.39, 0.29) is 36.8 Å². The number of carbonyl (C=O) groups excluding carboxylic acids is 2. The summed E-state index contributed by atoms with van der Waals surface area (Å²) in [5.74, 6) is 1.55. The van der Waals surface area contributed by atoms with Crippen LogP contribution in [0.4, 0.5) is 0 Å². The lowest BCUT2D eigenvalue weighted by atomic mass is 9.77. The van der Waals surface area contributed by atoms with E-state index in [0.29, 0.717) is 24.4 Å². The minimum atomic E-state index is -0.0911. The van der Waals surface area contributed by atoms with Crippen molar-refractivity contribution in [2.75, 3.05) is 33.9 Å². The van der Waals surface area contributed by atoms with Crippen LogP contribution in [0.2, 0.25) is 0 Å². The number of amides is 2. The average molecular weight is 420 g/mol. The third kappa shape index (κ3) is 5.00. The van der Waals surface area contributed by atoms with Gasteiger partial charge in [0.05, 0.1) is 24.9 Å². The number of aromatic nitrogens is 3. The summed E-state index contributed by atoms with van der Waals surface area (Å²) in [7, 11) is 3.25. The molecule has 30 heavy (non-hydrogen) atoms. The molecule has 166 valence electrons. The maximum absolute atomic E-state index is 12.6. The number of hydrogen-bond acceptors (Lipinski definition) is 6. The molecule has 0 spiro atoms. The van der Waals surface area contributed by atoms with Gasteiger partial charge in [-0.2, -0.15) is 0 Å². The predicted octanol–water partition coefficient (Wildman–Crippen LogP) is 1.16. The molecule has 2 heterocycles. The molecular weight excluding hydrogens is 386 g/mol. The molecule has 2 amide bonds. The van der Waals surface area contributed by atoms with Gasteiger partial charge in [0, 0.05) is 46.7 Å². The Hall–Kier alpha value is -2.00. The van der Waals surface area contributed by atoms with Gasteiger partial charge in [-0.15, -0.1) is 5.10 Å². The molecular formula is C21H33N5O4. The standard InChI is InChI=1S/C21H33N5O4/c1-22-20(27)5-6-21(28)25-9-15-7-18(26-11-17(13-29-2)23-24-26)19(8-16(15)10-25)30-12-14-3-4-14/h11,14-16,18-19H,3-10,12-13H2,1-2H3,(H,22,27)/t15-,16+,18-,19-/m1/s1. The van der Waals surface area contributed by atoms with Gasteiger partial charge >= 0.3 is 0 Å². The zero-order valence-electron chi connectivity index (χ0n) is 18.0. The van der Waals surface area contributed by atoms with Crippen LogP contribution in [-0.4, -0.2) is 71.7 Å². The number of nitrogens with zero attached hydrogens (tertiary/aromatic N) is 4. The quantitative estimate of drug-likeness (QED) is 0.645. The maximum atomic E-state index is 12.6. The van der Waals surface area contributed by atoms with Crippen LogP contribution in [0.3, 0.4) is 0 Å². The molecule has 3 fully saturated rings. The first-order chi connectivity index (χ1) is 14.6. The summed E-state index contributed by atoms with van der Waals surface area (Å²) in [6.07, 6.45) is 6.95. The fraction of sp³-hybridized carbons (Fsp3) is 0.810. The molecule has 1 aromatic heterocycles. The molecule has 2 aliphatic carbocycles. The molecule has 9 heteroatoms. The van der Waals surface area contributed by atoms with Crippen molar-refractivity contribution in [3.63, 3.8) is 0 Å². The summed E-state index contributed by atoms with van der Waals surface area (Å²) in [6.45, 7) is 2.77. The Balaban J connectivity index is 1.41. The smallest absolute Gasteiger partial charge is 0.223 e. The van der Waals surface area contributed by atoms with E-state index in [4.69, 9.17) is 9.47 Å². The third-order valence-corrected chi connectivity index (χ3v) is 6.72. The summed E-state index contributed by atoms with van der Waals surface area (Å²) in [4.78, 5) is 26.0. The lowest BCUT2D eigenvalue weighted by Crippen LogP contribution is -2.38. The number of methoxy groups -OCH3 is 1. The second-order valence-electron chi connectivity index (χ2n) is 8.97. The molecule has 2 saturated carbocycles. The van der Waals surface area contributed by atoms with Crippen LogP contribution < -0.4 is 5.32 Å². The van der Waals surface area contributed by atoms with E-state index in [1.807, 2.05) is 15.8 Å². The number of nitrogens with one attached hydrogen (secondary N) is 1. The van der Waals surface area contributed by atoms with E-state index in [1.165, 1.54) is 12.8 Å². The van der Waals surface area contributed by atoms with Crippen LogP contribution in [0.5, 0.6) is 0 Å². The predicted molar refractivity (Wildman–Crippen MR) is 108 cm³/mol. The number of likely N-dealkylation sites (tertiary alicyclic amines) is 1. The summed E-state index contributed by atoms with van der Waals surface area (Å²) in [6, 6.07) is 0.129. The summed E-state index contributed by atoms with van der Waals surface area (Å²) in [5.41, 5.74) is 0.818. The van der Waals surface area contributed by atoms with Crippen LogP contribution in [0.1, 0.15) is 50.3 Å². The lowest BCUT2D eigenvalue weighted by Gasteiger charge is -2.37. The van der Waals surface area contributed by atoms with Crippen LogP contribution in [-0.2, 0) is 25.7 Å². The minimum absolute atomic E-state index is 0.0723. The van der Waals surface area contributed by atoms with E-state index >= 15 is 0 Å². The normalized spacial score (nSPS) is 28.4. The number of hydrogen-bond donors (Lipinski definition) is 1. The van der Waals surface area contributed by atoms with Crippen LogP contribution in [0.25, 0.3) is 0 Å². The lowest BCUT2D eigenvalue weighted by molar-refractivity contribution is -0.132. The van der Waals surface area contributed by atoms with Gasteiger partial charge in [-0.1, -0.05) is 5.21 Å². The summed E-state index contributed by atoms with van der Waals surface area (Å²) >= 11 is 0. The van der Waals surface area contributed by atoms with E-state index in [1.54, 1.807) is 14.2 Å². The van der Waals surface area contributed by atoms with Crippen molar-refractivity contribution in [2.24, 2.45) is 17.8 Å². The van der Waals surface area contributed by atoms with E-state index in [0.717, 1.165) is 38.2 Å². The molecule has 0 bridgehead atoms. The molecule has 1 saturated heterocycles. The molecule has 0 unspecified atom stereocenters. The highest BCUT2D eigenvalue weighted by molar-refractivity contribution is 5.83. The minimum Gasteiger partial charge on any atom is -0.378 e. The summed E-state index contributed by atoms with van der Waals surface area (Å²) in [5, 5.41) is 11.2. The van der Waals surface area contributed by atoms with E-state index in [9.17, 15) is 9.59 Å². The largest absolute Gasteiger partial charge is 0.378 e. The zero-order chi connectivity index (χ0) is 21.1. The highest BCUT2D eigenvalue weighted by atomic mass is 16.5. The Kier molecular flexibility index (Phi) is 6.67. The van der Waals surface area contributed by atoms with Crippen molar-refractivity contribution in [1.82, 2.24) is 25.2 Å². The number of fused-ring (bicyclic) bond motifs is 1. The third-order valence-electron chi connectivity index (χ3n) is 6.72. The molecule has 1 aromatic rings. The molecule has 9 nitrogen and oxygen atoms in total. The fourth-order valence-electron chi connectivity index (χ4n) is 4.79. The molecule has 0 radical (unpaired) electrons. The van der Waals surface area contributed by atoms with Crippen LogP contribution in [0.15, 0.2) is 6.20 Å². The van der Waals surface area contributed by atoms with Gasteiger partial charge in [-0.3, -0.25) is 9.59 Å². The van der Waals surface area contributed by atoms with Crippen molar-refractivity contribution < 1.29 is 19.1 Å². The van der Waals surface area contributed by atoms with Crippen molar-refractivity contribution in [1.29, 1.82) is 0 Å². The Morgan fingerprint density at radius 2 is 1.97 bits per heavy atom. The van der Waals surface area contributed by atoms with Crippen molar-refractivity contribution in [2.45, 2.75) is 57.3 Å². The van der Waals surface area contributed by atoms with Gasteiger partial charge in [0.2, 0.25) is 11.8 Å². The second-order valence-corrected chi connectivity index (χ2v) is 8.97. The van der Waals surface area contributed by atoms with Gasteiger partial charge in [-0.25, -0.2) is 4.68 Å². The molecule has 3 aliphatic rings. The van der Waals surface area contributed by atoms with E-state index in [2.05, 4.69) is 15.6 Å². The Morgan fingerprint density at radius 3 is 2.67 bits per heavy atom. The average Bonchev–Trinajstić information content (AvgIpc) is 3.30. The van der Waals surface area contributed by atoms with Crippen molar-refractivity contribution >= 4 is 11.8 Å². The SMILES string of the molecule is CNC(=O)CCC(=O)N1C[C@H]2C[C@@H](n3cc(COC)nn3)[C@H](OCC3CC3)C[C@H]2C1. The molecule has 1 N–H and O–H groups in total. The first-order valence-electron chi connectivity index (χ1n) is 11.1. The monoisotopic (exact) mass is 419 g/mol. The Bertz CT molecular complexity index is 750. The number of ether oxygens (including phenoxy) is 2. The van der Waals surface area contributed by atoms with Gasteiger partial charge in [0.25, 0.3) is 0 Å². The number of rotatable bonds is 9. The number of carbonyl (C=O) groups is 2. The van der Waals surface area contributed by atoms with E-state index < -0.39 is 0 Å². The zero-order valence-corrected chi connectivity index (χ0v) is 18.0. The Labute approximate surface area is 177 Å². The Morgan fingerprint density at radius 1 is 1.20 bits per heavy atom. The highest BCUT2D eigenvalue weighted by Gasteiger charge is 2.45. The maximum Gasteiger partial charge on any atom is 0.223 e. The van der Waals surface area contributed by atoms with Gasteiger partial charge in [0.15, 0.2) is 0 Å². The highest BCUT2D eigenvalue weighted by Crippen LogP contribution is 2.43. The van der Waals surface area contributed by atoms with Crippen molar-refractivity contribution in [3.05, 3.63) is 11.9 Å². The molecule has 4 atom stereocenters. The topological polar surface area (TPSA) is 98.6 Å². The van der Waals surface area contributed by atoms with Crippen molar-refractivity contribution in [3.8, 4) is 0 Å². The van der Waals surface area contributed by atoms with Crippen LogP contribution >= 0.6 is 0 Å². The fourth-order valence-corrected chi connectivity index (χ4v) is 4.79. The second kappa shape index (κ2) is 9.43. The van der Waals surface area contributed by atoms with Gasteiger partial charge in [0.1, 0.15) is 5.69 Å². The molecule has 0 aromatic carbocycles. The van der Waals surface area contributed by atoms with Gasteiger partial charge in [-0.05, 0) is 43.4 Å². The van der Waals surface area contributed by atoms with Crippen LogP contribution in [0, 0.1) is 17.8 Å². The van der Waals surface area contributed by atoms with Gasteiger partial charge < -0.3 is 19.7 Å². The first-order valence-corrected chi connectivity index (χ1v) is 11.1. The molecule has 4 rings (SSSR count).